The Kier molecular flexibility index (Phi) is 7.06. The van der Waals surface area contributed by atoms with E-state index in [1.807, 2.05) is 0 Å². The van der Waals surface area contributed by atoms with E-state index in [1.54, 1.807) is 0 Å². The molecule has 1 aromatic carbocycles. The van der Waals surface area contributed by atoms with Gasteiger partial charge in [-0.25, -0.2) is 0 Å². The molecule has 1 saturated heterocycles. The summed E-state index contributed by atoms with van der Waals surface area (Å²) in [5, 5.41) is 3.46. The highest BCUT2D eigenvalue weighted by Gasteiger charge is 2.14. The fourth-order valence-electron chi connectivity index (χ4n) is 2.42. The van der Waals surface area contributed by atoms with Crippen LogP contribution in [0.1, 0.15) is 37.3 Å². The summed E-state index contributed by atoms with van der Waals surface area (Å²) in [5.74, 6) is 0. The van der Waals surface area contributed by atoms with Crippen LogP contribution in [0.5, 0.6) is 0 Å². The average Bonchev–Trinajstić information content (AvgIpc) is 3.00. The van der Waals surface area contributed by atoms with Crippen molar-refractivity contribution < 1.29 is 9.47 Å². The minimum atomic E-state index is 0.347. The number of aryl methyl sites for hydroxylation is 1. The molecule has 0 aliphatic carbocycles. The third kappa shape index (κ3) is 5.61. The van der Waals surface area contributed by atoms with Crippen molar-refractivity contribution in [3.63, 3.8) is 0 Å². The molecule has 3 heteroatoms. The maximum Gasteiger partial charge on any atom is 0.0809 e. The zero-order valence-electron chi connectivity index (χ0n) is 12.6. The summed E-state index contributed by atoms with van der Waals surface area (Å²) in [7, 11) is 0. The third-order valence-electron chi connectivity index (χ3n) is 3.73. The van der Waals surface area contributed by atoms with Crippen LogP contribution < -0.4 is 5.32 Å². The van der Waals surface area contributed by atoms with Crippen LogP contribution in [-0.4, -0.2) is 32.5 Å². The van der Waals surface area contributed by atoms with Crippen molar-refractivity contribution in [2.75, 3.05) is 26.4 Å². The van der Waals surface area contributed by atoms with Crippen LogP contribution in [0.4, 0.5) is 0 Å². The molecule has 1 atom stereocenters. The van der Waals surface area contributed by atoms with Crippen molar-refractivity contribution in [1.29, 1.82) is 0 Å². The van der Waals surface area contributed by atoms with Gasteiger partial charge < -0.3 is 14.8 Å². The first-order chi connectivity index (χ1) is 9.88. The molecule has 0 aromatic heterocycles. The van der Waals surface area contributed by atoms with Gasteiger partial charge in [-0.3, -0.25) is 0 Å². The second-order valence-electron chi connectivity index (χ2n) is 5.41. The smallest absolute Gasteiger partial charge is 0.0809 e. The Labute approximate surface area is 122 Å². The number of hydrogen-bond donors (Lipinski definition) is 1. The minimum Gasteiger partial charge on any atom is -0.379 e. The van der Waals surface area contributed by atoms with Gasteiger partial charge in [-0.2, -0.15) is 0 Å². The van der Waals surface area contributed by atoms with Gasteiger partial charge in [0.25, 0.3) is 0 Å². The number of rotatable bonds is 9. The first-order valence-corrected chi connectivity index (χ1v) is 7.86. The third-order valence-corrected chi connectivity index (χ3v) is 3.73. The highest BCUT2D eigenvalue weighted by molar-refractivity contribution is 5.22. The Morgan fingerprint density at radius 3 is 2.75 bits per heavy atom. The highest BCUT2D eigenvalue weighted by atomic mass is 16.5. The van der Waals surface area contributed by atoms with Crippen molar-refractivity contribution in [2.45, 2.75) is 45.3 Å². The first-order valence-electron chi connectivity index (χ1n) is 7.86. The van der Waals surface area contributed by atoms with E-state index in [0.29, 0.717) is 6.10 Å². The van der Waals surface area contributed by atoms with Crippen molar-refractivity contribution in [2.24, 2.45) is 0 Å². The molecule has 1 N–H and O–H groups in total. The Balaban J connectivity index is 1.46. The molecule has 1 aromatic rings. The van der Waals surface area contributed by atoms with E-state index >= 15 is 0 Å². The molecule has 1 heterocycles. The van der Waals surface area contributed by atoms with E-state index in [4.69, 9.17) is 9.47 Å². The minimum absolute atomic E-state index is 0.347. The summed E-state index contributed by atoms with van der Waals surface area (Å²) >= 11 is 0. The second-order valence-corrected chi connectivity index (χ2v) is 5.41. The molecule has 1 fully saturated rings. The number of hydrogen-bond acceptors (Lipinski definition) is 3. The van der Waals surface area contributed by atoms with E-state index < -0.39 is 0 Å². The predicted octanol–water partition coefficient (Wildman–Crippen LogP) is 2.92. The Morgan fingerprint density at radius 1 is 1.25 bits per heavy atom. The van der Waals surface area contributed by atoms with Crippen molar-refractivity contribution in [3.05, 3.63) is 35.4 Å². The maximum atomic E-state index is 5.64. The molecule has 0 bridgehead atoms. The van der Waals surface area contributed by atoms with Gasteiger partial charge in [0, 0.05) is 19.8 Å². The van der Waals surface area contributed by atoms with Crippen molar-refractivity contribution in [1.82, 2.24) is 5.32 Å². The molecular formula is C17H27NO2. The molecule has 1 aliphatic rings. The number of ether oxygens (including phenoxy) is 2. The zero-order chi connectivity index (χ0) is 14.0. The second kappa shape index (κ2) is 9.11. The Bertz CT molecular complexity index is 358. The van der Waals surface area contributed by atoms with Crippen LogP contribution in [0.25, 0.3) is 0 Å². The highest BCUT2D eigenvalue weighted by Crippen LogP contribution is 2.11. The van der Waals surface area contributed by atoms with Crippen LogP contribution in [0.15, 0.2) is 24.3 Å². The van der Waals surface area contributed by atoms with Gasteiger partial charge in [-0.1, -0.05) is 31.2 Å². The molecule has 1 aliphatic heterocycles. The lowest BCUT2D eigenvalue weighted by Crippen LogP contribution is -2.18. The topological polar surface area (TPSA) is 30.5 Å². The van der Waals surface area contributed by atoms with Crippen LogP contribution in [0.2, 0.25) is 0 Å². The summed E-state index contributed by atoms with van der Waals surface area (Å²) < 4.78 is 11.2. The van der Waals surface area contributed by atoms with Gasteiger partial charge in [0.15, 0.2) is 0 Å². The number of nitrogens with one attached hydrogen (secondary N) is 1. The van der Waals surface area contributed by atoms with Gasteiger partial charge in [-0.15, -0.1) is 0 Å². The summed E-state index contributed by atoms with van der Waals surface area (Å²) in [5.41, 5.74) is 2.75. The van der Waals surface area contributed by atoms with Crippen LogP contribution in [-0.2, 0) is 22.4 Å². The lowest BCUT2D eigenvalue weighted by molar-refractivity contribution is 0.0166. The largest absolute Gasteiger partial charge is 0.379 e. The van der Waals surface area contributed by atoms with E-state index in [1.165, 1.54) is 17.5 Å². The SMILES string of the molecule is CCc1ccc(CNCCCOCC2CCCO2)cc1. The fourth-order valence-corrected chi connectivity index (χ4v) is 2.42. The lowest BCUT2D eigenvalue weighted by Gasteiger charge is -2.10. The molecule has 0 saturated carbocycles. The van der Waals surface area contributed by atoms with Crippen LogP contribution in [0.3, 0.4) is 0 Å². The summed E-state index contributed by atoms with van der Waals surface area (Å²) in [6, 6.07) is 8.84. The van der Waals surface area contributed by atoms with E-state index in [9.17, 15) is 0 Å². The summed E-state index contributed by atoms with van der Waals surface area (Å²) in [6.45, 7) is 6.62. The van der Waals surface area contributed by atoms with E-state index in [2.05, 4.69) is 36.5 Å². The molecule has 0 amide bonds. The molecule has 3 nitrogen and oxygen atoms in total. The van der Waals surface area contributed by atoms with E-state index in [0.717, 1.165) is 52.2 Å². The molecule has 2 rings (SSSR count). The Hall–Kier alpha value is -0.900. The normalized spacial score (nSPS) is 18.6. The van der Waals surface area contributed by atoms with Crippen LogP contribution in [0, 0.1) is 0 Å². The molecule has 0 spiro atoms. The molecule has 112 valence electrons. The fraction of sp³-hybridized carbons (Fsp3) is 0.647. The average molecular weight is 277 g/mol. The zero-order valence-corrected chi connectivity index (χ0v) is 12.6. The van der Waals surface area contributed by atoms with E-state index in [-0.39, 0.29) is 0 Å². The molecule has 20 heavy (non-hydrogen) atoms. The van der Waals surface area contributed by atoms with Crippen molar-refractivity contribution in [3.8, 4) is 0 Å². The Morgan fingerprint density at radius 2 is 2.05 bits per heavy atom. The van der Waals surface area contributed by atoms with Gasteiger partial charge >= 0.3 is 0 Å². The quantitative estimate of drug-likeness (QED) is 0.704. The van der Waals surface area contributed by atoms with Gasteiger partial charge in [0.1, 0.15) is 0 Å². The molecule has 0 radical (unpaired) electrons. The lowest BCUT2D eigenvalue weighted by atomic mass is 10.1. The predicted molar refractivity (Wildman–Crippen MR) is 81.9 cm³/mol. The number of benzene rings is 1. The standard InChI is InChI=1S/C17H27NO2/c1-2-15-6-8-16(9-7-15)13-18-10-4-11-19-14-17-5-3-12-20-17/h6-9,17-18H,2-5,10-14H2,1H3. The molecular weight excluding hydrogens is 250 g/mol. The maximum absolute atomic E-state index is 5.64. The van der Waals surface area contributed by atoms with Crippen molar-refractivity contribution >= 4 is 0 Å². The summed E-state index contributed by atoms with van der Waals surface area (Å²) in [6.07, 6.45) is 4.86. The van der Waals surface area contributed by atoms with Gasteiger partial charge in [0.05, 0.1) is 12.7 Å². The van der Waals surface area contributed by atoms with Crippen LogP contribution >= 0.6 is 0 Å². The monoisotopic (exact) mass is 277 g/mol. The van der Waals surface area contributed by atoms with Gasteiger partial charge in [-0.05, 0) is 43.4 Å². The van der Waals surface area contributed by atoms with Gasteiger partial charge in [0.2, 0.25) is 0 Å². The summed E-state index contributed by atoms with van der Waals surface area (Å²) in [4.78, 5) is 0. The molecule has 1 unspecified atom stereocenters. The first kappa shape index (κ1) is 15.5.